The number of H-pyrrole nitrogens is 2. The Morgan fingerprint density at radius 1 is 0.842 bits per heavy atom. The van der Waals surface area contributed by atoms with Gasteiger partial charge in [-0.3, -0.25) is 9.59 Å². The second-order valence-corrected chi connectivity index (χ2v) is 15.1. The minimum absolute atomic E-state index is 0.0676. The number of ether oxygens (including phenoxy) is 4. The van der Waals surface area contributed by atoms with Gasteiger partial charge in [0, 0.05) is 43.8 Å². The zero-order valence-electron chi connectivity index (χ0n) is 33.0. The topological polar surface area (TPSA) is 164 Å². The lowest BCUT2D eigenvalue weighted by Crippen LogP contribution is -2.54. The van der Waals surface area contributed by atoms with E-state index in [4.69, 9.17) is 28.9 Å². The summed E-state index contributed by atoms with van der Waals surface area (Å²) in [6, 6.07) is 15.7. The monoisotopic (exact) mass is 775 g/mol. The van der Waals surface area contributed by atoms with Crippen LogP contribution < -0.4 is 10.1 Å². The Hall–Kier alpha value is -5.73. The van der Waals surface area contributed by atoms with Crippen molar-refractivity contribution in [1.82, 2.24) is 35.1 Å². The number of hydrogen-bond donors (Lipinski definition) is 3. The summed E-state index contributed by atoms with van der Waals surface area (Å²) in [4.78, 5) is 58.9. The molecule has 5 heterocycles. The Morgan fingerprint density at radius 2 is 1.49 bits per heavy atom. The molecule has 0 radical (unpaired) electrons. The van der Waals surface area contributed by atoms with Crippen LogP contribution in [0.1, 0.15) is 75.2 Å². The standard InChI is InChI=1S/C43H49N7O7/c1-24(54-3)18-37(51)49-16-6-8-35(49)40-44-21-33(46-40)27-12-14-31-26(19-27)10-15-32-30-13-11-28(20-29(30)23-57-39(31)32)34-22-45-41(47-34)36-9-7-17-50(36)42(52)38(25(2)55-4)48-43(53)56-5/h10-15,19-22,24-25,35-36,38H,6-9,16-18,23H2,1-5H3,(H,44,46)(H,45,47)(H,48,53)/t24-,25-,35+,36?,38+/m1/s1. The molecule has 8 rings (SSSR count). The van der Waals surface area contributed by atoms with E-state index in [1.54, 1.807) is 25.1 Å². The van der Waals surface area contributed by atoms with Gasteiger partial charge in [-0.2, -0.15) is 0 Å². The first-order valence-corrected chi connectivity index (χ1v) is 19.6. The van der Waals surface area contributed by atoms with E-state index in [1.165, 1.54) is 14.2 Å². The fourth-order valence-corrected chi connectivity index (χ4v) is 8.43. The number of nitrogens with one attached hydrogen (secondary N) is 3. The third-order valence-electron chi connectivity index (χ3n) is 11.7. The highest BCUT2D eigenvalue weighted by molar-refractivity contribution is 5.98. The van der Waals surface area contributed by atoms with E-state index in [-0.39, 0.29) is 30.0 Å². The first-order chi connectivity index (χ1) is 27.7. The summed E-state index contributed by atoms with van der Waals surface area (Å²) in [6.07, 6.45) is 6.03. The van der Waals surface area contributed by atoms with Gasteiger partial charge in [-0.15, -0.1) is 0 Å². The lowest BCUT2D eigenvalue weighted by atomic mass is 9.92. The molecule has 2 aromatic heterocycles. The molecule has 5 aromatic rings. The number of aromatic amines is 2. The van der Waals surface area contributed by atoms with Crippen molar-refractivity contribution in [2.45, 2.75) is 82.9 Å². The molecule has 2 fully saturated rings. The Labute approximate surface area is 331 Å². The van der Waals surface area contributed by atoms with E-state index in [2.05, 4.69) is 63.8 Å². The normalized spacial score (nSPS) is 19.1. The van der Waals surface area contributed by atoms with Crippen molar-refractivity contribution >= 4 is 28.7 Å². The summed E-state index contributed by atoms with van der Waals surface area (Å²) in [5.41, 5.74) is 6.94. The molecule has 0 aliphatic carbocycles. The van der Waals surface area contributed by atoms with E-state index in [0.717, 1.165) is 93.8 Å². The first-order valence-electron chi connectivity index (χ1n) is 19.6. The van der Waals surface area contributed by atoms with Crippen molar-refractivity contribution in [2.75, 3.05) is 34.4 Å². The summed E-state index contributed by atoms with van der Waals surface area (Å²) in [5.74, 6) is 2.20. The maximum Gasteiger partial charge on any atom is 0.407 e. The fourth-order valence-electron chi connectivity index (χ4n) is 8.43. The van der Waals surface area contributed by atoms with Gasteiger partial charge in [0.15, 0.2) is 0 Å². The molecule has 0 bridgehead atoms. The second kappa shape index (κ2) is 16.0. The highest BCUT2D eigenvalue weighted by Crippen LogP contribution is 2.44. The molecule has 3 N–H and O–H groups in total. The Balaban J connectivity index is 0.990. The van der Waals surface area contributed by atoms with Crippen molar-refractivity contribution in [2.24, 2.45) is 0 Å². The number of aromatic nitrogens is 4. The number of alkyl carbamates (subject to hydrolysis) is 1. The van der Waals surface area contributed by atoms with Crippen molar-refractivity contribution in [3.8, 4) is 39.4 Å². The third kappa shape index (κ3) is 7.35. The number of carbonyl (C=O) groups excluding carboxylic acids is 3. The van der Waals surface area contributed by atoms with Gasteiger partial charge >= 0.3 is 6.09 Å². The largest absolute Gasteiger partial charge is 0.488 e. The second-order valence-electron chi connectivity index (χ2n) is 15.1. The summed E-state index contributed by atoms with van der Waals surface area (Å²) < 4.78 is 22.0. The molecule has 3 aliphatic heterocycles. The van der Waals surface area contributed by atoms with Crippen LogP contribution in [0.3, 0.4) is 0 Å². The van der Waals surface area contributed by atoms with Gasteiger partial charge in [0.1, 0.15) is 30.0 Å². The lowest BCUT2D eigenvalue weighted by molar-refractivity contribution is -0.137. The summed E-state index contributed by atoms with van der Waals surface area (Å²) >= 11 is 0. The molecule has 2 saturated heterocycles. The highest BCUT2D eigenvalue weighted by Gasteiger charge is 2.39. The van der Waals surface area contributed by atoms with E-state index < -0.39 is 18.2 Å². The van der Waals surface area contributed by atoms with Crippen LogP contribution in [0.15, 0.2) is 60.9 Å². The number of nitrogens with zero attached hydrogens (tertiary/aromatic N) is 4. The van der Waals surface area contributed by atoms with Crippen LogP contribution in [0.4, 0.5) is 4.79 Å². The van der Waals surface area contributed by atoms with Crippen LogP contribution in [-0.2, 0) is 30.4 Å². The van der Waals surface area contributed by atoms with E-state index in [1.807, 2.05) is 18.0 Å². The predicted octanol–water partition coefficient (Wildman–Crippen LogP) is 6.69. The van der Waals surface area contributed by atoms with Crippen LogP contribution >= 0.6 is 0 Å². The summed E-state index contributed by atoms with van der Waals surface area (Å²) in [7, 11) is 4.40. The number of rotatable bonds is 11. The molecule has 3 aromatic carbocycles. The van der Waals surface area contributed by atoms with E-state index in [0.29, 0.717) is 25.4 Å². The van der Waals surface area contributed by atoms with Gasteiger partial charge in [0.05, 0.1) is 61.6 Å². The number of benzene rings is 3. The zero-order valence-corrected chi connectivity index (χ0v) is 33.0. The van der Waals surface area contributed by atoms with Gasteiger partial charge in [-0.25, -0.2) is 14.8 Å². The van der Waals surface area contributed by atoms with Crippen molar-refractivity contribution < 1.29 is 33.3 Å². The van der Waals surface area contributed by atoms with Gasteiger partial charge in [0.2, 0.25) is 11.8 Å². The van der Waals surface area contributed by atoms with Gasteiger partial charge in [-0.1, -0.05) is 30.3 Å². The molecular weight excluding hydrogens is 727 g/mol. The van der Waals surface area contributed by atoms with Crippen molar-refractivity contribution in [3.63, 3.8) is 0 Å². The molecule has 1 unspecified atom stereocenters. The number of imidazole rings is 2. The summed E-state index contributed by atoms with van der Waals surface area (Å²) in [6.45, 7) is 5.34. The number of amides is 3. The van der Waals surface area contributed by atoms with Crippen molar-refractivity contribution in [1.29, 1.82) is 0 Å². The number of likely N-dealkylation sites (tertiary alicyclic amines) is 2. The molecule has 0 spiro atoms. The zero-order chi connectivity index (χ0) is 39.8. The Bertz CT molecular complexity index is 2300. The van der Waals surface area contributed by atoms with Crippen LogP contribution in [-0.4, -0.2) is 100 Å². The van der Waals surface area contributed by atoms with E-state index >= 15 is 0 Å². The Kier molecular flexibility index (Phi) is 10.7. The minimum atomic E-state index is -0.896. The number of carbonyl (C=O) groups is 3. The van der Waals surface area contributed by atoms with Crippen molar-refractivity contribution in [3.05, 3.63) is 78.1 Å². The quantitative estimate of drug-likeness (QED) is 0.133. The van der Waals surface area contributed by atoms with Crippen LogP contribution in [0.25, 0.3) is 44.4 Å². The molecule has 14 nitrogen and oxygen atoms in total. The maximum atomic E-state index is 13.7. The van der Waals surface area contributed by atoms with Gasteiger partial charge < -0.3 is 44.0 Å². The average molecular weight is 776 g/mol. The van der Waals surface area contributed by atoms with E-state index in [9.17, 15) is 14.4 Å². The molecule has 5 atom stereocenters. The van der Waals surface area contributed by atoms with Gasteiger partial charge in [-0.05, 0) is 79.8 Å². The predicted molar refractivity (Wildman–Crippen MR) is 213 cm³/mol. The Morgan fingerprint density at radius 3 is 2.18 bits per heavy atom. The lowest BCUT2D eigenvalue weighted by Gasteiger charge is -2.30. The van der Waals surface area contributed by atoms with Crippen LogP contribution in [0.5, 0.6) is 5.75 Å². The molecule has 57 heavy (non-hydrogen) atoms. The first kappa shape index (κ1) is 38.2. The highest BCUT2D eigenvalue weighted by atomic mass is 16.5. The van der Waals surface area contributed by atoms with Gasteiger partial charge in [0.25, 0.3) is 0 Å². The fraction of sp³-hybridized carbons (Fsp3) is 0.419. The van der Waals surface area contributed by atoms with Crippen LogP contribution in [0, 0.1) is 0 Å². The number of hydrogen-bond acceptors (Lipinski definition) is 9. The molecular formula is C43H49N7O7. The molecule has 14 heteroatoms. The smallest absolute Gasteiger partial charge is 0.407 e. The third-order valence-corrected chi connectivity index (χ3v) is 11.7. The SMILES string of the molecule is COC(=O)N[C@H](C(=O)N1CCCC1c1ncc(-c2ccc3c(c2)COc2c-3ccc3cc(-c4cnc([C@@H]5CCCN5C(=O)C[C@@H](C)OC)[nH]4)ccc23)[nH]1)[C@@H](C)OC. The summed E-state index contributed by atoms with van der Waals surface area (Å²) in [5, 5.41) is 4.72. The minimum Gasteiger partial charge on any atom is -0.488 e. The molecule has 298 valence electrons. The molecule has 3 amide bonds. The maximum absolute atomic E-state index is 13.7. The number of methoxy groups -OCH3 is 3. The molecule has 3 aliphatic rings. The van der Waals surface area contributed by atoms with Crippen LogP contribution in [0.2, 0.25) is 0 Å². The molecule has 0 saturated carbocycles. The average Bonchev–Trinajstić information content (AvgIpc) is 4.08. The number of fused-ring (bicyclic) bond motifs is 5.